The molecule has 3 heteroatoms. The quantitative estimate of drug-likeness (QED) is 0.860. The Hall–Kier alpha value is -0.410. The maximum Gasteiger partial charge on any atom is 0.0985 e. The minimum atomic E-state index is 0.157. The Morgan fingerprint density at radius 3 is 2.22 bits per heavy atom. The van der Waals surface area contributed by atoms with Crippen LogP contribution in [-0.4, -0.2) is 11.5 Å². The minimum Gasteiger partial charge on any atom is -0.312 e. The zero-order chi connectivity index (χ0) is 13.9. The van der Waals surface area contributed by atoms with Gasteiger partial charge >= 0.3 is 0 Å². The molecule has 104 valence electrons. The number of thiazole rings is 1. The summed E-state index contributed by atoms with van der Waals surface area (Å²) in [6, 6.07) is 0. The van der Waals surface area contributed by atoms with Crippen molar-refractivity contribution in [3.63, 3.8) is 0 Å². The Labute approximate surface area is 116 Å². The van der Waals surface area contributed by atoms with Gasteiger partial charge in [0, 0.05) is 16.8 Å². The molecule has 0 aromatic carbocycles. The van der Waals surface area contributed by atoms with Crippen LogP contribution >= 0.6 is 11.3 Å². The highest BCUT2D eigenvalue weighted by molar-refractivity contribution is 7.11. The van der Waals surface area contributed by atoms with Crippen molar-refractivity contribution in [1.29, 1.82) is 0 Å². The Morgan fingerprint density at radius 2 is 1.78 bits per heavy atom. The van der Waals surface area contributed by atoms with Crippen LogP contribution in [0.25, 0.3) is 0 Å². The number of hydrogen-bond acceptors (Lipinski definition) is 3. The fourth-order valence-corrected chi connectivity index (χ4v) is 2.98. The first-order chi connectivity index (χ1) is 8.21. The molecule has 1 aromatic heterocycles. The molecular weight excluding hydrogens is 240 g/mol. The molecule has 1 N–H and O–H groups in total. The van der Waals surface area contributed by atoms with Gasteiger partial charge in [-0.2, -0.15) is 0 Å². The highest BCUT2D eigenvalue weighted by atomic mass is 32.1. The predicted octanol–water partition coefficient (Wildman–Crippen LogP) is 4.31. The maximum atomic E-state index is 4.86. The van der Waals surface area contributed by atoms with E-state index < -0.39 is 0 Å². The highest BCUT2D eigenvalue weighted by Gasteiger charge is 2.22. The second-order valence-electron chi connectivity index (χ2n) is 6.76. The monoisotopic (exact) mass is 268 g/mol. The van der Waals surface area contributed by atoms with Gasteiger partial charge < -0.3 is 5.32 Å². The topological polar surface area (TPSA) is 24.9 Å². The third-order valence-corrected chi connectivity index (χ3v) is 4.25. The molecule has 1 heterocycles. The van der Waals surface area contributed by atoms with Gasteiger partial charge in [0.05, 0.1) is 10.7 Å². The van der Waals surface area contributed by atoms with E-state index in [2.05, 4.69) is 53.8 Å². The second-order valence-corrected chi connectivity index (χ2v) is 7.84. The molecule has 1 aromatic rings. The molecule has 1 rings (SSSR count). The number of aromatic nitrogens is 1. The van der Waals surface area contributed by atoms with E-state index >= 15 is 0 Å². The molecule has 0 amide bonds. The van der Waals surface area contributed by atoms with Gasteiger partial charge in [-0.15, -0.1) is 11.3 Å². The third-order valence-electron chi connectivity index (χ3n) is 2.75. The zero-order valence-corrected chi connectivity index (χ0v) is 13.7. The largest absolute Gasteiger partial charge is 0.312 e. The standard InChI is InChI=1S/C15H28N2S/c1-10(2)8-16-9-12-13(11(3)4)17-14(18-12)15(5,6)7/h10-11,16H,8-9H2,1-7H3. The number of nitrogens with one attached hydrogen (secondary N) is 1. The van der Waals surface area contributed by atoms with Gasteiger partial charge in [-0.3, -0.25) is 0 Å². The maximum absolute atomic E-state index is 4.86. The third kappa shape index (κ3) is 4.36. The fraction of sp³-hybridized carbons (Fsp3) is 0.800. The van der Waals surface area contributed by atoms with E-state index in [9.17, 15) is 0 Å². The summed E-state index contributed by atoms with van der Waals surface area (Å²) in [7, 11) is 0. The molecule has 0 saturated heterocycles. The van der Waals surface area contributed by atoms with Crippen LogP contribution < -0.4 is 5.32 Å². The van der Waals surface area contributed by atoms with Crippen molar-refractivity contribution in [3.05, 3.63) is 15.6 Å². The molecule has 0 fully saturated rings. The highest BCUT2D eigenvalue weighted by Crippen LogP contribution is 2.32. The molecule has 0 unspecified atom stereocenters. The summed E-state index contributed by atoms with van der Waals surface area (Å²) in [4.78, 5) is 6.27. The van der Waals surface area contributed by atoms with E-state index in [0.29, 0.717) is 11.8 Å². The van der Waals surface area contributed by atoms with Gasteiger partial charge in [-0.05, 0) is 18.4 Å². The first kappa shape index (κ1) is 15.6. The van der Waals surface area contributed by atoms with Crippen LogP contribution in [0.2, 0.25) is 0 Å². The SMILES string of the molecule is CC(C)CNCc1sc(C(C)(C)C)nc1C(C)C. The summed E-state index contributed by atoms with van der Waals surface area (Å²) in [5, 5.41) is 4.79. The molecule has 0 radical (unpaired) electrons. The van der Waals surface area contributed by atoms with Crippen molar-refractivity contribution in [2.24, 2.45) is 5.92 Å². The Morgan fingerprint density at radius 1 is 1.17 bits per heavy atom. The summed E-state index contributed by atoms with van der Waals surface area (Å²) >= 11 is 1.87. The molecule has 0 bridgehead atoms. The Bertz CT molecular complexity index is 372. The van der Waals surface area contributed by atoms with Crippen molar-refractivity contribution >= 4 is 11.3 Å². The van der Waals surface area contributed by atoms with Crippen LogP contribution in [0.4, 0.5) is 0 Å². The Kier molecular flexibility index (Phi) is 5.35. The van der Waals surface area contributed by atoms with Gasteiger partial charge in [0.15, 0.2) is 0 Å². The summed E-state index contributed by atoms with van der Waals surface area (Å²) < 4.78 is 0. The van der Waals surface area contributed by atoms with E-state index in [1.165, 1.54) is 15.6 Å². The van der Waals surface area contributed by atoms with Gasteiger partial charge in [-0.1, -0.05) is 48.5 Å². The Balaban J connectivity index is 2.85. The van der Waals surface area contributed by atoms with Gasteiger partial charge in [-0.25, -0.2) is 4.98 Å². The van der Waals surface area contributed by atoms with Crippen LogP contribution in [0.5, 0.6) is 0 Å². The lowest BCUT2D eigenvalue weighted by Crippen LogP contribution is -2.19. The van der Waals surface area contributed by atoms with Crippen molar-refractivity contribution in [2.45, 2.75) is 66.3 Å². The fourth-order valence-electron chi connectivity index (χ4n) is 1.74. The molecule has 0 aliphatic heterocycles. The first-order valence-electron chi connectivity index (χ1n) is 6.92. The summed E-state index contributed by atoms with van der Waals surface area (Å²) in [5.74, 6) is 1.20. The second kappa shape index (κ2) is 6.16. The average Bonchev–Trinajstić information content (AvgIpc) is 2.60. The molecule has 0 aliphatic carbocycles. The van der Waals surface area contributed by atoms with Crippen molar-refractivity contribution < 1.29 is 0 Å². The number of rotatable bonds is 5. The first-order valence-corrected chi connectivity index (χ1v) is 7.74. The summed E-state index contributed by atoms with van der Waals surface area (Å²) in [6.45, 7) is 17.7. The molecule has 0 saturated carbocycles. The van der Waals surface area contributed by atoms with Crippen LogP contribution in [0, 0.1) is 5.92 Å². The van der Waals surface area contributed by atoms with E-state index in [1.807, 2.05) is 11.3 Å². The molecule has 0 aliphatic rings. The predicted molar refractivity (Wildman–Crippen MR) is 81.4 cm³/mol. The lowest BCUT2D eigenvalue weighted by Gasteiger charge is -2.13. The van der Waals surface area contributed by atoms with E-state index in [0.717, 1.165) is 13.1 Å². The van der Waals surface area contributed by atoms with Gasteiger partial charge in [0.1, 0.15) is 0 Å². The molecule has 0 spiro atoms. The van der Waals surface area contributed by atoms with Crippen LogP contribution in [0.3, 0.4) is 0 Å². The smallest absolute Gasteiger partial charge is 0.0985 e. The molecule has 18 heavy (non-hydrogen) atoms. The lowest BCUT2D eigenvalue weighted by atomic mass is 9.98. The van der Waals surface area contributed by atoms with Gasteiger partial charge in [0.2, 0.25) is 0 Å². The van der Waals surface area contributed by atoms with E-state index in [4.69, 9.17) is 4.98 Å². The van der Waals surface area contributed by atoms with Crippen molar-refractivity contribution in [2.75, 3.05) is 6.54 Å². The zero-order valence-electron chi connectivity index (χ0n) is 12.9. The van der Waals surface area contributed by atoms with E-state index in [1.54, 1.807) is 0 Å². The van der Waals surface area contributed by atoms with Crippen LogP contribution in [0.1, 0.15) is 70.0 Å². The average molecular weight is 268 g/mol. The lowest BCUT2D eigenvalue weighted by molar-refractivity contribution is 0.552. The molecule has 2 nitrogen and oxygen atoms in total. The molecule has 0 atom stereocenters. The number of hydrogen-bond donors (Lipinski definition) is 1. The minimum absolute atomic E-state index is 0.157. The summed E-state index contributed by atoms with van der Waals surface area (Å²) in [6.07, 6.45) is 0. The molecular formula is C15H28N2S. The van der Waals surface area contributed by atoms with Gasteiger partial charge in [0.25, 0.3) is 0 Å². The number of nitrogens with zero attached hydrogens (tertiary/aromatic N) is 1. The van der Waals surface area contributed by atoms with Crippen molar-refractivity contribution in [3.8, 4) is 0 Å². The van der Waals surface area contributed by atoms with Crippen LogP contribution in [0.15, 0.2) is 0 Å². The van der Waals surface area contributed by atoms with E-state index in [-0.39, 0.29) is 5.41 Å². The summed E-state index contributed by atoms with van der Waals surface area (Å²) in [5.41, 5.74) is 1.44. The normalized spacial score (nSPS) is 12.7. The van der Waals surface area contributed by atoms with Crippen molar-refractivity contribution in [1.82, 2.24) is 10.3 Å². The van der Waals surface area contributed by atoms with Crippen LogP contribution in [-0.2, 0) is 12.0 Å².